The zero-order chi connectivity index (χ0) is 23.0. The molecule has 1 heterocycles. The summed E-state index contributed by atoms with van der Waals surface area (Å²) in [5.41, 5.74) is 0.441. The Morgan fingerprint density at radius 3 is 2.31 bits per heavy atom. The van der Waals surface area contributed by atoms with Crippen LogP contribution in [0, 0.1) is 0 Å². The van der Waals surface area contributed by atoms with Crippen LogP contribution in [0.1, 0.15) is 36.0 Å². The Morgan fingerprint density at radius 1 is 1.03 bits per heavy atom. The predicted octanol–water partition coefficient (Wildman–Crippen LogP) is 3.79. The van der Waals surface area contributed by atoms with Gasteiger partial charge in [0.15, 0.2) is 0 Å². The number of methoxy groups -OCH3 is 1. The molecule has 9 heteroatoms. The molecule has 1 aliphatic heterocycles. The number of sulfonamides is 1. The molecule has 0 bridgehead atoms. The number of hydrogen-bond acceptors (Lipinski definition) is 6. The van der Waals surface area contributed by atoms with Crippen molar-refractivity contribution < 1.29 is 22.7 Å². The van der Waals surface area contributed by atoms with E-state index in [0.29, 0.717) is 24.4 Å². The van der Waals surface area contributed by atoms with E-state index in [1.165, 1.54) is 23.9 Å². The zero-order valence-electron chi connectivity index (χ0n) is 18.5. The lowest BCUT2D eigenvalue weighted by atomic mass is 10.2. The predicted molar refractivity (Wildman–Crippen MR) is 126 cm³/mol. The molecule has 2 aromatic rings. The summed E-state index contributed by atoms with van der Waals surface area (Å²) in [5, 5.41) is 0. The zero-order valence-corrected chi connectivity index (χ0v) is 20.1. The van der Waals surface area contributed by atoms with Gasteiger partial charge in [-0.15, -0.1) is 11.8 Å². The van der Waals surface area contributed by atoms with Crippen LogP contribution in [0.5, 0.6) is 11.5 Å². The molecule has 0 unspecified atom stereocenters. The maximum Gasteiger partial charge on any atom is 0.255 e. The van der Waals surface area contributed by atoms with Crippen LogP contribution >= 0.6 is 11.8 Å². The fourth-order valence-corrected chi connectivity index (χ4v) is 5.17. The Bertz CT molecular complexity index is 1000. The highest BCUT2D eigenvalue weighted by Gasteiger charge is 2.23. The summed E-state index contributed by atoms with van der Waals surface area (Å²) in [6.07, 6.45) is 6.09. The van der Waals surface area contributed by atoms with Crippen LogP contribution in [0.15, 0.2) is 52.3 Å². The molecule has 2 aromatic carbocycles. The Labute approximate surface area is 194 Å². The Morgan fingerprint density at radius 2 is 1.69 bits per heavy atom. The first-order valence-electron chi connectivity index (χ1n) is 10.7. The molecule has 0 aromatic heterocycles. The van der Waals surface area contributed by atoms with Crippen molar-refractivity contribution in [1.29, 1.82) is 0 Å². The maximum atomic E-state index is 13.1. The lowest BCUT2D eigenvalue weighted by molar-refractivity contribution is 0.0758. The van der Waals surface area contributed by atoms with Gasteiger partial charge in [-0.1, -0.05) is 12.8 Å². The summed E-state index contributed by atoms with van der Waals surface area (Å²) in [6.45, 7) is 1.71. The molecule has 174 valence electrons. The van der Waals surface area contributed by atoms with E-state index in [0.717, 1.165) is 36.3 Å². The standard InChI is InChI=1S/C23H30N2O5S2/c1-29-18-7-9-19(10-8-18)30-16-13-24-32(27,28)20-11-12-22(31-2)21(17-20)23(26)25-14-5-3-4-6-15-25/h7-12,17,24H,3-6,13-16H2,1-2H3. The van der Waals surface area contributed by atoms with Crippen molar-refractivity contribution in [2.45, 2.75) is 35.5 Å². The lowest BCUT2D eigenvalue weighted by Gasteiger charge is -2.22. The average Bonchev–Trinajstić information content (AvgIpc) is 3.11. The minimum absolute atomic E-state index is 0.0814. The third-order valence-corrected chi connectivity index (χ3v) is 7.58. The number of likely N-dealkylation sites (tertiary alicyclic amines) is 1. The first-order chi connectivity index (χ1) is 15.4. The Kier molecular flexibility index (Phi) is 8.84. The van der Waals surface area contributed by atoms with Crippen molar-refractivity contribution in [3.63, 3.8) is 0 Å². The van der Waals surface area contributed by atoms with Gasteiger partial charge in [-0.2, -0.15) is 0 Å². The molecule has 1 amide bonds. The Hall–Kier alpha value is -2.23. The smallest absolute Gasteiger partial charge is 0.255 e. The van der Waals surface area contributed by atoms with Crippen molar-refractivity contribution >= 4 is 27.7 Å². The topological polar surface area (TPSA) is 84.9 Å². The van der Waals surface area contributed by atoms with Gasteiger partial charge in [0.05, 0.1) is 17.6 Å². The highest BCUT2D eigenvalue weighted by molar-refractivity contribution is 7.98. The highest BCUT2D eigenvalue weighted by Crippen LogP contribution is 2.26. The van der Waals surface area contributed by atoms with Gasteiger partial charge in [0.25, 0.3) is 5.91 Å². The van der Waals surface area contributed by atoms with Crippen molar-refractivity contribution in [1.82, 2.24) is 9.62 Å². The third-order valence-electron chi connectivity index (χ3n) is 5.33. The molecule has 0 atom stereocenters. The number of carbonyl (C=O) groups excluding carboxylic acids is 1. The Balaban J connectivity index is 1.65. The molecule has 3 rings (SSSR count). The molecule has 0 saturated carbocycles. The fourth-order valence-electron chi connectivity index (χ4n) is 3.57. The number of carbonyl (C=O) groups is 1. The van der Waals surface area contributed by atoms with Gasteiger partial charge in [0.2, 0.25) is 10.0 Å². The number of rotatable bonds is 9. The molecule has 1 fully saturated rings. The van der Waals surface area contributed by atoms with Crippen LogP contribution in [0.25, 0.3) is 0 Å². The molecule has 0 radical (unpaired) electrons. The van der Waals surface area contributed by atoms with E-state index in [1.807, 2.05) is 11.2 Å². The lowest BCUT2D eigenvalue weighted by Crippen LogP contribution is -2.33. The van der Waals surface area contributed by atoms with E-state index < -0.39 is 10.0 Å². The van der Waals surface area contributed by atoms with Gasteiger partial charge in [-0.25, -0.2) is 13.1 Å². The number of hydrogen-bond donors (Lipinski definition) is 1. The first-order valence-corrected chi connectivity index (χ1v) is 13.4. The second kappa shape index (κ2) is 11.6. The molecule has 1 saturated heterocycles. The summed E-state index contributed by atoms with van der Waals surface area (Å²) >= 11 is 1.44. The monoisotopic (exact) mass is 478 g/mol. The van der Waals surface area contributed by atoms with Crippen LogP contribution in [0.4, 0.5) is 0 Å². The van der Waals surface area contributed by atoms with E-state index in [2.05, 4.69) is 4.72 Å². The fraction of sp³-hybridized carbons (Fsp3) is 0.435. The van der Waals surface area contributed by atoms with Gasteiger partial charge in [0.1, 0.15) is 18.1 Å². The van der Waals surface area contributed by atoms with Crippen LogP contribution in [-0.2, 0) is 10.0 Å². The third kappa shape index (κ3) is 6.40. The van der Waals surface area contributed by atoms with Crippen LogP contribution in [0.2, 0.25) is 0 Å². The van der Waals surface area contributed by atoms with Crippen LogP contribution < -0.4 is 14.2 Å². The molecule has 1 aliphatic rings. The number of nitrogens with zero attached hydrogens (tertiary/aromatic N) is 1. The van der Waals surface area contributed by atoms with E-state index in [9.17, 15) is 13.2 Å². The number of nitrogens with one attached hydrogen (secondary N) is 1. The molecule has 0 aliphatic carbocycles. The van der Waals surface area contributed by atoms with Gasteiger partial charge in [-0.3, -0.25) is 4.79 Å². The molecule has 0 spiro atoms. The largest absolute Gasteiger partial charge is 0.497 e. The van der Waals surface area contributed by atoms with E-state index in [4.69, 9.17) is 9.47 Å². The quantitative estimate of drug-likeness (QED) is 0.436. The van der Waals surface area contributed by atoms with Crippen molar-refractivity contribution in [3.8, 4) is 11.5 Å². The summed E-state index contributed by atoms with van der Waals surface area (Å²) in [4.78, 5) is 15.8. The highest BCUT2D eigenvalue weighted by atomic mass is 32.2. The van der Waals surface area contributed by atoms with E-state index in [-0.39, 0.29) is 24.0 Å². The molecule has 7 nitrogen and oxygen atoms in total. The van der Waals surface area contributed by atoms with Crippen molar-refractivity contribution in [2.75, 3.05) is 39.6 Å². The molecular weight excluding hydrogens is 448 g/mol. The number of ether oxygens (including phenoxy) is 2. The number of benzene rings is 2. The second-order valence-corrected chi connectivity index (χ2v) is 10.1. The van der Waals surface area contributed by atoms with E-state index in [1.54, 1.807) is 37.4 Å². The van der Waals surface area contributed by atoms with E-state index >= 15 is 0 Å². The van der Waals surface area contributed by atoms with Gasteiger partial charge in [-0.05, 0) is 61.6 Å². The van der Waals surface area contributed by atoms with Gasteiger partial charge < -0.3 is 14.4 Å². The van der Waals surface area contributed by atoms with Crippen molar-refractivity contribution in [2.24, 2.45) is 0 Å². The minimum atomic E-state index is -3.77. The summed E-state index contributed by atoms with van der Waals surface area (Å²) in [5.74, 6) is 1.24. The second-order valence-electron chi connectivity index (χ2n) is 7.49. The van der Waals surface area contributed by atoms with Crippen LogP contribution in [-0.4, -0.2) is 58.8 Å². The molecule has 32 heavy (non-hydrogen) atoms. The first kappa shape index (κ1) is 24.4. The minimum Gasteiger partial charge on any atom is -0.497 e. The van der Waals surface area contributed by atoms with Gasteiger partial charge >= 0.3 is 0 Å². The normalized spacial score (nSPS) is 14.6. The number of amides is 1. The summed E-state index contributed by atoms with van der Waals surface area (Å²) in [7, 11) is -2.19. The molecule has 1 N–H and O–H groups in total. The van der Waals surface area contributed by atoms with Gasteiger partial charge in [0, 0.05) is 24.5 Å². The van der Waals surface area contributed by atoms with Crippen LogP contribution in [0.3, 0.4) is 0 Å². The summed E-state index contributed by atoms with van der Waals surface area (Å²) in [6, 6.07) is 11.8. The van der Waals surface area contributed by atoms with Crippen molar-refractivity contribution in [3.05, 3.63) is 48.0 Å². The average molecular weight is 479 g/mol. The molecular formula is C23H30N2O5S2. The number of thioether (sulfide) groups is 1. The summed E-state index contributed by atoms with van der Waals surface area (Å²) < 4.78 is 38.9. The maximum absolute atomic E-state index is 13.1. The SMILES string of the molecule is COc1ccc(OCCNS(=O)(=O)c2ccc(SC)c(C(=O)N3CCCCCC3)c2)cc1.